The zero-order chi connectivity index (χ0) is 19.5. The number of hydrogen-bond acceptors (Lipinski definition) is 0. The van der Waals surface area contributed by atoms with Crippen LogP contribution in [0.1, 0.15) is 0 Å². The van der Waals surface area contributed by atoms with E-state index < -0.39 is 42.0 Å². The standard InChI is InChI=1S/C7F16.FH/c8-1(9,2(10,11)4(14,15)6(18,19)20)3(12,13)5(16,17)7(21,22)23;/h;1H. The fourth-order valence-electron chi connectivity index (χ4n) is 0.948. The molecule has 0 bridgehead atoms. The lowest BCUT2D eigenvalue weighted by Gasteiger charge is -2.39. The summed E-state index contributed by atoms with van der Waals surface area (Å²) in [5.74, 6) is -41.2. The van der Waals surface area contributed by atoms with E-state index >= 15 is 0 Å². The van der Waals surface area contributed by atoms with Gasteiger partial charge in [0.2, 0.25) is 0 Å². The quantitative estimate of drug-likeness (QED) is 0.544. The zero-order valence-corrected chi connectivity index (χ0v) is 9.96. The second-order valence-corrected chi connectivity index (χ2v) is 3.87. The highest BCUT2D eigenvalue weighted by atomic mass is 19.4. The summed E-state index contributed by atoms with van der Waals surface area (Å²) in [4.78, 5) is 0. The SMILES string of the molecule is F.FC(F)(F)C(F)(F)C(F)(F)C(F)(F)C(F)(F)C(F)(F)C(F)(F)F. The van der Waals surface area contributed by atoms with Crippen LogP contribution in [0.2, 0.25) is 0 Å². The van der Waals surface area contributed by atoms with Gasteiger partial charge in [-0.15, -0.1) is 0 Å². The van der Waals surface area contributed by atoms with E-state index in [1.54, 1.807) is 0 Å². The van der Waals surface area contributed by atoms with Crippen LogP contribution in [-0.4, -0.2) is 42.0 Å². The van der Waals surface area contributed by atoms with Gasteiger partial charge in [-0.2, -0.15) is 70.2 Å². The van der Waals surface area contributed by atoms with Gasteiger partial charge in [-0.1, -0.05) is 0 Å². The summed E-state index contributed by atoms with van der Waals surface area (Å²) in [6.07, 6.45) is -15.3. The molecule has 148 valence electrons. The van der Waals surface area contributed by atoms with Crippen LogP contribution in [-0.2, 0) is 0 Å². The molecule has 0 aromatic carbocycles. The molecular weight excluding hydrogens is 407 g/mol. The molecule has 0 heterocycles. The molecule has 0 saturated carbocycles. The molecule has 0 unspecified atom stereocenters. The van der Waals surface area contributed by atoms with E-state index in [0.717, 1.165) is 0 Å². The summed E-state index contributed by atoms with van der Waals surface area (Å²) in [5.41, 5.74) is 0. The summed E-state index contributed by atoms with van der Waals surface area (Å²) in [7, 11) is 0. The third kappa shape index (κ3) is 2.93. The van der Waals surface area contributed by atoms with E-state index in [2.05, 4.69) is 0 Å². The Morgan fingerprint density at radius 1 is 0.250 bits per heavy atom. The fourth-order valence-corrected chi connectivity index (χ4v) is 0.948. The molecule has 0 aliphatic rings. The lowest BCUT2D eigenvalue weighted by atomic mass is 9.94. The highest BCUT2D eigenvalue weighted by Crippen LogP contribution is 2.62. The third-order valence-corrected chi connectivity index (χ3v) is 2.29. The molecule has 0 fully saturated rings. The van der Waals surface area contributed by atoms with Gasteiger partial charge >= 0.3 is 42.0 Å². The van der Waals surface area contributed by atoms with E-state index in [-0.39, 0.29) is 4.70 Å². The molecule has 0 saturated heterocycles. The normalized spacial score (nSPS) is 16.0. The Balaban J connectivity index is 0. The number of hydrogen-bond donors (Lipinski definition) is 0. The van der Waals surface area contributed by atoms with Crippen LogP contribution in [0.15, 0.2) is 0 Å². The highest BCUT2D eigenvalue weighted by molar-refractivity contribution is 5.11. The van der Waals surface area contributed by atoms with E-state index in [1.807, 2.05) is 0 Å². The lowest BCUT2D eigenvalue weighted by Crippen LogP contribution is -2.72. The highest BCUT2D eigenvalue weighted by Gasteiger charge is 2.93. The van der Waals surface area contributed by atoms with Crippen LogP contribution in [0.3, 0.4) is 0 Å². The van der Waals surface area contributed by atoms with Crippen molar-refractivity contribution in [1.29, 1.82) is 0 Å². The van der Waals surface area contributed by atoms with Crippen LogP contribution in [0.25, 0.3) is 0 Å². The van der Waals surface area contributed by atoms with Gasteiger partial charge in [-0.05, 0) is 0 Å². The minimum absolute atomic E-state index is 0. The van der Waals surface area contributed by atoms with Gasteiger partial charge < -0.3 is 0 Å². The van der Waals surface area contributed by atoms with Crippen molar-refractivity contribution < 1.29 is 75.0 Å². The summed E-state index contributed by atoms with van der Waals surface area (Å²) >= 11 is 0. The first-order valence-corrected chi connectivity index (χ1v) is 4.52. The topological polar surface area (TPSA) is 0 Å². The van der Waals surface area contributed by atoms with Gasteiger partial charge in [0.15, 0.2) is 0 Å². The zero-order valence-electron chi connectivity index (χ0n) is 9.96. The number of alkyl halides is 16. The van der Waals surface area contributed by atoms with Crippen LogP contribution in [0, 0.1) is 0 Å². The lowest BCUT2D eigenvalue weighted by molar-refractivity contribution is -0.461. The predicted octanol–water partition coefficient (Wildman–Crippen LogP) is 5.44. The molecule has 17 heteroatoms. The van der Waals surface area contributed by atoms with Crippen molar-refractivity contribution in [3.63, 3.8) is 0 Å². The van der Waals surface area contributed by atoms with E-state index in [4.69, 9.17) is 0 Å². The maximum Gasteiger partial charge on any atom is 0.460 e. The van der Waals surface area contributed by atoms with E-state index in [9.17, 15) is 70.2 Å². The van der Waals surface area contributed by atoms with Gasteiger partial charge in [0.05, 0.1) is 0 Å². The second-order valence-electron chi connectivity index (χ2n) is 3.87. The summed E-state index contributed by atoms with van der Waals surface area (Å²) in [6.45, 7) is 0. The van der Waals surface area contributed by atoms with Crippen LogP contribution >= 0.6 is 0 Å². The van der Waals surface area contributed by atoms with Crippen molar-refractivity contribution in [1.82, 2.24) is 0 Å². The smallest absolute Gasteiger partial charge is 0.269 e. The van der Waals surface area contributed by atoms with Gasteiger partial charge in [0, 0.05) is 0 Å². The number of rotatable bonds is 4. The molecule has 0 nitrogen and oxygen atoms in total. The maximum atomic E-state index is 12.6. The average Bonchev–Trinajstić information content (AvgIpc) is 2.24. The molecule has 0 rings (SSSR count). The Hall–Kier alpha value is -1.19. The first kappa shape index (κ1) is 25.1. The summed E-state index contributed by atoms with van der Waals surface area (Å²) in [5, 5.41) is 0. The van der Waals surface area contributed by atoms with Crippen LogP contribution < -0.4 is 0 Å². The Labute approximate surface area is 118 Å². The molecular formula is C7HF17. The third-order valence-electron chi connectivity index (χ3n) is 2.29. The predicted molar refractivity (Wildman–Crippen MR) is 39.3 cm³/mol. The monoisotopic (exact) mass is 408 g/mol. The van der Waals surface area contributed by atoms with E-state index in [1.165, 1.54) is 0 Å². The van der Waals surface area contributed by atoms with Gasteiger partial charge in [-0.25, -0.2) is 0 Å². The van der Waals surface area contributed by atoms with Crippen molar-refractivity contribution in [2.45, 2.75) is 42.0 Å². The van der Waals surface area contributed by atoms with Crippen molar-refractivity contribution in [2.24, 2.45) is 0 Å². The Bertz CT molecular complexity index is 395. The van der Waals surface area contributed by atoms with Gasteiger partial charge in [0.1, 0.15) is 0 Å². The Morgan fingerprint density at radius 2 is 0.375 bits per heavy atom. The van der Waals surface area contributed by atoms with Crippen LogP contribution in [0.4, 0.5) is 75.0 Å². The molecule has 0 amide bonds. The minimum Gasteiger partial charge on any atom is -0.269 e. The van der Waals surface area contributed by atoms with Crippen molar-refractivity contribution >= 4 is 0 Å². The molecule has 0 aromatic heterocycles. The van der Waals surface area contributed by atoms with Crippen molar-refractivity contribution in [2.75, 3.05) is 0 Å². The molecule has 0 aliphatic heterocycles. The summed E-state index contributed by atoms with van der Waals surface area (Å²) < 4.78 is 193. The molecule has 0 aromatic rings. The van der Waals surface area contributed by atoms with Gasteiger partial charge in [0.25, 0.3) is 0 Å². The second kappa shape index (κ2) is 5.67. The first-order valence-electron chi connectivity index (χ1n) is 4.52. The van der Waals surface area contributed by atoms with Crippen molar-refractivity contribution in [3.8, 4) is 0 Å². The van der Waals surface area contributed by atoms with E-state index in [0.29, 0.717) is 0 Å². The Kier molecular flexibility index (Phi) is 5.92. The molecule has 0 spiro atoms. The average molecular weight is 408 g/mol. The Morgan fingerprint density at radius 3 is 0.500 bits per heavy atom. The molecule has 0 N–H and O–H groups in total. The largest absolute Gasteiger partial charge is 0.460 e. The summed E-state index contributed by atoms with van der Waals surface area (Å²) in [6, 6.07) is 0. The number of halogens is 17. The van der Waals surface area contributed by atoms with Crippen molar-refractivity contribution in [3.05, 3.63) is 0 Å². The van der Waals surface area contributed by atoms with Gasteiger partial charge in [-0.3, -0.25) is 4.70 Å². The van der Waals surface area contributed by atoms with Crippen LogP contribution in [0.5, 0.6) is 0 Å². The molecule has 0 atom stereocenters. The molecule has 0 radical (unpaired) electrons. The molecule has 24 heavy (non-hydrogen) atoms. The first-order chi connectivity index (χ1) is 9.50. The maximum absolute atomic E-state index is 12.6. The molecule has 0 aliphatic carbocycles. The minimum atomic E-state index is -8.43. The fraction of sp³-hybridized carbons (Fsp3) is 1.00.